The van der Waals surface area contributed by atoms with Crippen LogP contribution in [0.25, 0.3) is 33.5 Å². The highest BCUT2D eigenvalue weighted by Crippen LogP contribution is 2.30. The minimum Gasteiger partial charge on any atom is -0.406 e. The van der Waals surface area contributed by atoms with E-state index in [1.165, 1.54) is 0 Å². The number of benzene rings is 1. The predicted octanol–water partition coefficient (Wildman–Crippen LogP) is 3.29. The number of rotatable bonds is 5. The summed E-state index contributed by atoms with van der Waals surface area (Å²) >= 11 is 6.10. The van der Waals surface area contributed by atoms with Crippen molar-refractivity contribution in [3.05, 3.63) is 35.6 Å². The van der Waals surface area contributed by atoms with Gasteiger partial charge in [0.05, 0.1) is 24.4 Å². The fraction of sp³-hybridized carbons (Fsp3) is 0.263. The Morgan fingerprint density at radius 3 is 3.03 bits per heavy atom. The number of hydrogen-bond acceptors (Lipinski definition) is 6. The van der Waals surface area contributed by atoms with E-state index in [1.54, 1.807) is 30.3 Å². The lowest BCUT2D eigenvalue weighted by molar-refractivity contribution is 0.159. The Kier molecular flexibility index (Phi) is 5.08. The van der Waals surface area contributed by atoms with Crippen molar-refractivity contribution in [3.63, 3.8) is 0 Å². The van der Waals surface area contributed by atoms with E-state index in [9.17, 15) is 4.79 Å². The van der Waals surface area contributed by atoms with Crippen molar-refractivity contribution in [3.8, 4) is 17.1 Å². The quantitative estimate of drug-likeness (QED) is 0.519. The Labute approximate surface area is 171 Å². The number of amides is 1. The third kappa shape index (κ3) is 3.74. The van der Waals surface area contributed by atoms with Crippen molar-refractivity contribution in [2.24, 2.45) is 7.05 Å². The molecule has 29 heavy (non-hydrogen) atoms. The number of carbonyl (C=O) groups is 1. The van der Waals surface area contributed by atoms with Crippen LogP contribution in [0.5, 0.6) is 5.75 Å². The lowest BCUT2D eigenvalue weighted by Crippen LogP contribution is -2.37. The second-order valence-electron chi connectivity index (χ2n) is 6.63. The lowest BCUT2D eigenvalue weighted by Gasteiger charge is -2.12. The molecule has 0 spiro atoms. The van der Waals surface area contributed by atoms with E-state index in [1.807, 2.05) is 26.1 Å². The fourth-order valence-electron chi connectivity index (χ4n) is 3.10. The molecular weight excluding hydrogens is 396 g/mol. The zero-order chi connectivity index (χ0) is 20.5. The predicted molar refractivity (Wildman–Crippen MR) is 109 cm³/mol. The van der Waals surface area contributed by atoms with E-state index in [-0.39, 0.29) is 11.8 Å². The summed E-state index contributed by atoms with van der Waals surface area (Å²) in [5.41, 5.74) is 3.04. The maximum atomic E-state index is 12.1. The second-order valence-corrected chi connectivity index (χ2v) is 7.07. The van der Waals surface area contributed by atoms with E-state index in [0.717, 1.165) is 10.9 Å². The Bertz CT molecular complexity index is 1200. The molecule has 0 fully saturated rings. The summed E-state index contributed by atoms with van der Waals surface area (Å²) in [6, 6.07) is 5.35. The Morgan fingerprint density at radius 2 is 2.24 bits per heavy atom. The van der Waals surface area contributed by atoms with Crippen LogP contribution in [-0.2, 0) is 11.8 Å². The van der Waals surface area contributed by atoms with Crippen molar-refractivity contribution in [1.29, 1.82) is 0 Å². The number of hydrogen-bond donors (Lipinski definition) is 2. The molecule has 1 aromatic carbocycles. The number of H-pyrrole nitrogens is 1. The van der Waals surface area contributed by atoms with Crippen molar-refractivity contribution in [1.82, 2.24) is 30.0 Å². The van der Waals surface area contributed by atoms with Crippen LogP contribution in [0.4, 0.5) is 4.79 Å². The van der Waals surface area contributed by atoms with E-state index >= 15 is 0 Å². The number of nitrogens with zero attached hydrogens (tertiary/aromatic N) is 4. The lowest BCUT2D eigenvalue weighted by atomic mass is 10.2. The number of aromatic nitrogens is 5. The number of carbonyl (C=O) groups excluding carboxylic acids is 1. The van der Waals surface area contributed by atoms with Crippen LogP contribution >= 0.6 is 11.6 Å². The molecule has 1 amide bonds. The summed E-state index contributed by atoms with van der Waals surface area (Å²) in [5, 5.41) is 8.77. The normalized spacial score (nSPS) is 12.4. The van der Waals surface area contributed by atoms with E-state index in [4.69, 9.17) is 21.1 Å². The molecule has 0 saturated heterocycles. The van der Waals surface area contributed by atoms with Gasteiger partial charge in [-0.1, -0.05) is 11.6 Å². The van der Waals surface area contributed by atoms with Crippen molar-refractivity contribution in [2.75, 3.05) is 13.7 Å². The van der Waals surface area contributed by atoms with E-state index in [2.05, 4.69) is 25.4 Å². The molecule has 4 aromatic rings. The number of fused-ring (bicyclic) bond motifs is 2. The molecule has 9 nitrogen and oxygen atoms in total. The summed E-state index contributed by atoms with van der Waals surface area (Å²) in [7, 11) is 3.40. The van der Waals surface area contributed by atoms with Gasteiger partial charge in [-0.3, -0.25) is 4.68 Å². The molecule has 0 aliphatic rings. The first-order chi connectivity index (χ1) is 14.0. The molecule has 150 valence electrons. The smallest absolute Gasteiger partial charge is 0.406 e. The molecule has 0 radical (unpaired) electrons. The molecule has 0 unspecified atom stereocenters. The number of ether oxygens (including phenoxy) is 2. The zero-order valence-electron chi connectivity index (χ0n) is 16.1. The van der Waals surface area contributed by atoms with E-state index < -0.39 is 6.09 Å². The van der Waals surface area contributed by atoms with Crippen LogP contribution in [0.15, 0.2) is 30.6 Å². The van der Waals surface area contributed by atoms with Crippen LogP contribution < -0.4 is 10.1 Å². The van der Waals surface area contributed by atoms with Gasteiger partial charge in [0, 0.05) is 30.8 Å². The number of aromatic amines is 1. The largest absolute Gasteiger partial charge is 0.413 e. The van der Waals surface area contributed by atoms with Crippen LogP contribution in [0, 0.1) is 0 Å². The Hall–Kier alpha value is -3.17. The van der Waals surface area contributed by atoms with Gasteiger partial charge in [-0.2, -0.15) is 5.10 Å². The molecular formula is C19H19ClN6O3. The summed E-state index contributed by atoms with van der Waals surface area (Å²) in [5.74, 6) is 0.278. The second kappa shape index (κ2) is 7.69. The third-order valence-corrected chi connectivity index (χ3v) is 4.62. The van der Waals surface area contributed by atoms with Crippen LogP contribution in [0.3, 0.4) is 0 Å². The standard InChI is InChI=1S/C19H19ClN6O3/c1-10(9-28-3)23-19(27)29-15-8-22-18-17(15)24-13(7-21-18)16-12-5-4-11(20)6-14(12)26(2)25-16/h4-8,10H,9H2,1-3H3,(H,21,22)(H,23,27)/t10-/m1/s1. The highest BCUT2D eigenvalue weighted by Gasteiger charge is 2.17. The molecule has 0 saturated carbocycles. The van der Waals surface area contributed by atoms with Gasteiger partial charge in [-0.15, -0.1) is 0 Å². The Balaban J connectivity index is 1.68. The monoisotopic (exact) mass is 414 g/mol. The molecule has 10 heteroatoms. The van der Waals surface area contributed by atoms with Gasteiger partial charge in [0.15, 0.2) is 16.9 Å². The molecule has 3 heterocycles. The average Bonchev–Trinajstić information content (AvgIpc) is 3.22. The molecule has 0 aliphatic heterocycles. The summed E-state index contributed by atoms with van der Waals surface area (Å²) in [4.78, 5) is 24.1. The Morgan fingerprint density at radius 1 is 1.41 bits per heavy atom. The number of aryl methyl sites for hydroxylation is 1. The minimum atomic E-state index is -0.597. The first kappa shape index (κ1) is 19.2. The number of nitrogens with one attached hydrogen (secondary N) is 2. The van der Waals surface area contributed by atoms with Gasteiger partial charge in [-0.05, 0) is 25.1 Å². The SMILES string of the molecule is COC[C@@H](C)NC(=O)Oc1c[nH]c2ncc(-c3nn(C)c4cc(Cl)ccc34)nc12. The van der Waals surface area contributed by atoms with Gasteiger partial charge in [-0.25, -0.2) is 14.8 Å². The maximum absolute atomic E-state index is 12.1. The first-order valence-corrected chi connectivity index (χ1v) is 9.28. The third-order valence-electron chi connectivity index (χ3n) is 4.39. The molecule has 4 rings (SSSR count). The van der Waals surface area contributed by atoms with Crippen LogP contribution in [0.1, 0.15) is 6.92 Å². The van der Waals surface area contributed by atoms with E-state index in [0.29, 0.717) is 34.2 Å². The van der Waals surface area contributed by atoms with Crippen molar-refractivity contribution in [2.45, 2.75) is 13.0 Å². The van der Waals surface area contributed by atoms with Crippen molar-refractivity contribution >= 4 is 39.8 Å². The highest BCUT2D eigenvalue weighted by atomic mass is 35.5. The van der Waals surface area contributed by atoms with Gasteiger partial charge < -0.3 is 19.8 Å². The maximum Gasteiger partial charge on any atom is 0.413 e. The molecule has 3 aromatic heterocycles. The van der Waals surface area contributed by atoms with Gasteiger partial charge in [0.25, 0.3) is 0 Å². The number of halogens is 1. The van der Waals surface area contributed by atoms with Crippen molar-refractivity contribution < 1.29 is 14.3 Å². The molecule has 0 aliphatic carbocycles. The summed E-state index contributed by atoms with van der Waals surface area (Å²) < 4.78 is 12.1. The first-order valence-electron chi connectivity index (χ1n) is 8.90. The van der Waals surface area contributed by atoms with Crippen LogP contribution in [0.2, 0.25) is 5.02 Å². The summed E-state index contributed by atoms with van der Waals surface area (Å²) in [6.07, 6.45) is 2.57. The molecule has 0 bridgehead atoms. The van der Waals surface area contributed by atoms with Gasteiger partial charge >= 0.3 is 6.09 Å². The van der Waals surface area contributed by atoms with Gasteiger partial charge in [0.2, 0.25) is 0 Å². The molecule has 1 atom stereocenters. The highest BCUT2D eigenvalue weighted by molar-refractivity contribution is 6.31. The molecule has 2 N–H and O–H groups in total. The average molecular weight is 415 g/mol. The van der Waals surface area contributed by atoms with Crippen LogP contribution in [-0.4, -0.2) is 50.6 Å². The fourth-order valence-corrected chi connectivity index (χ4v) is 3.27. The minimum absolute atomic E-state index is 0.189. The van der Waals surface area contributed by atoms with Gasteiger partial charge in [0.1, 0.15) is 11.4 Å². The summed E-state index contributed by atoms with van der Waals surface area (Å²) in [6.45, 7) is 2.19. The number of methoxy groups -OCH3 is 1. The topological polar surface area (TPSA) is 107 Å². The zero-order valence-corrected chi connectivity index (χ0v) is 16.8.